The summed E-state index contributed by atoms with van der Waals surface area (Å²) < 4.78 is 3.48. The lowest BCUT2D eigenvalue weighted by atomic mass is 9.81. The van der Waals surface area contributed by atoms with Gasteiger partial charge in [-0.3, -0.25) is 0 Å². The van der Waals surface area contributed by atoms with Crippen molar-refractivity contribution in [3.8, 4) is 39.1 Å². The maximum Gasteiger partial charge on any atom is 0.0541 e. The molecule has 8 rings (SSSR count). The normalized spacial score (nSPS) is 13.4. The highest BCUT2D eigenvalue weighted by Crippen LogP contribution is 2.49. The number of nitrogens with zero attached hydrogens (tertiary/aromatic N) is 1. The fourth-order valence-corrected chi connectivity index (χ4v) is 7.03. The van der Waals surface area contributed by atoms with Gasteiger partial charge < -0.3 is 4.57 Å². The minimum absolute atomic E-state index is 0.0189. The number of hydrogen-bond acceptors (Lipinski definition) is 0. The van der Waals surface area contributed by atoms with Crippen molar-refractivity contribution in [1.82, 2.24) is 4.57 Å². The summed E-state index contributed by atoms with van der Waals surface area (Å²) in [7, 11) is 0. The van der Waals surface area contributed by atoms with Crippen LogP contribution in [0.15, 0.2) is 138 Å². The van der Waals surface area contributed by atoms with E-state index in [-0.39, 0.29) is 5.41 Å². The van der Waals surface area contributed by atoms with Gasteiger partial charge in [-0.25, -0.2) is 0 Å². The molecule has 196 valence electrons. The van der Waals surface area contributed by atoms with Crippen LogP contribution in [0.1, 0.15) is 25.0 Å². The molecule has 0 atom stereocenters. The smallest absolute Gasteiger partial charge is 0.0541 e. The molecule has 0 radical (unpaired) electrons. The lowest BCUT2D eigenvalue weighted by Crippen LogP contribution is -2.14. The van der Waals surface area contributed by atoms with E-state index in [4.69, 9.17) is 0 Å². The lowest BCUT2D eigenvalue weighted by Gasteiger charge is -2.22. The molecule has 2 heteroatoms. The van der Waals surface area contributed by atoms with Crippen molar-refractivity contribution < 1.29 is 0 Å². The Morgan fingerprint density at radius 2 is 1.02 bits per heavy atom. The van der Waals surface area contributed by atoms with Crippen LogP contribution >= 0.6 is 15.9 Å². The molecular weight excluding hydrogens is 562 g/mol. The Hall–Kier alpha value is -4.40. The third-order valence-corrected chi connectivity index (χ3v) is 9.40. The summed E-state index contributed by atoms with van der Waals surface area (Å²) in [6.45, 7) is 4.70. The number of hydrogen-bond donors (Lipinski definition) is 0. The van der Waals surface area contributed by atoms with E-state index < -0.39 is 0 Å². The highest BCUT2D eigenvalue weighted by molar-refractivity contribution is 9.10. The monoisotopic (exact) mass is 589 g/mol. The first-order valence-corrected chi connectivity index (χ1v) is 14.9. The van der Waals surface area contributed by atoms with Gasteiger partial charge >= 0.3 is 0 Å². The van der Waals surface area contributed by atoms with Gasteiger partial charge in [-0.05, 0) is 99.1 Å². The van der Waals surface area contributed by atoms with Gasteiger partial charge in [0.1, 0.15) is 0 Å². The van der Waals surface area contributed by atoms with Gasteiger partial charge in [0.2, 0.25) is 0 Å². The highest BCUT2D eigenvalue weighted by Gasteiger charge is 2.35. The first kappa shape index (κ1) is 24.4. The van der Waals surface area contributed by atoms with E-state index in [0.29, 0.717) is 0 Å². The first-order chi connectivity index (χ1) is 20.0. The molecule has 1 nitrogen and oxygen atoms in total. The predicted molar refractivity (Wildman–Crippen MR) is 177 cm³/mol. The molecule has 0 aliphatic heterocycles. The molecular formula is C39H28BrN. The Morgan fingerprint density at radius 1 is 0.488 bits per heavy atom. The molecule has 0 spiro atoms. The summed E-state index contributed by atoms with van der Waals surface area (Å²) in [6, 6.07) is 49.0. The standard InChI is InChI=1S/C39H28BrN/c1-39(2)35-11-7-6-10-31(35)32-19-14-28(24-36(32)39)27-16-21-38-34(23-27)33-22-26(25-12-17-29(40)18-13-25)15-20-37(33)41(38)30-8-4-3-5-9-30/h3-24H,1-2H3. The van der Waals surface area contributed by atoms with E-state index in [0.717, 1.165) is 4.47 Å². The van der Waals surface area contributed by atoms with E-state index in [1.165, 1.54) is 72.0 Å². The van der Waals surface area contributed by atoms with Crippen LogP contribution in [0.4, 0.5) is 0 Å². The number of aromatic nitrogens is 1. The van der Waals surface area contributed by atoms with Gasteiger partial charge in [-0.2, -0.15) is 0 Å². The van der Waals surface area contributed by atoms with Gasteiger partial charge in [0, 0.05) is 26.3 Å². The number of fused-ring (bicyclic) bond motifs is 6. The topological polar surface area (TPSA) is 4.93 Å². The third kappa shape index (κ3) is 3.74. The quantitative estimate of drug-likeness (QED) is 0.193. The summed E-state index contributed by atoms with van der Waals surface area (Å²) in [5.74, 6) is 0. The molecule has 6 aromatic carbocycles. The fraction of sp³-hybridized carbons (Fsp3) is 0.0769. The third-order valence-electron chi connectivity index (χ3n) is 8.87. The van der Waals surface area contributed by atoms with Gasteiger partial charge in [0.25, 0.3) is 0 Å². The molecule has 0 saturated heterocycles. The molecule has 1 aliphatic carbocycles. The Labute approximate surface area is 248 Å². The van der Waals surface area contributed by atoms with Gasteiger partial charge in [-0.1, -0.05) is 109 Å². The van der Waals surface area contributed by atoms with Crippen molar-refractivity contribution >= 4 is 37.7 Å². The maximum atomic E-state index is 3.58. The van der Waals surface area contributed by atoms with Crippen LogP contribution in [0.3, 0.4) is 0 Å². The zero-order valence-electron chi connectivity index (χ0n) is 23.0. The molecule has 0 amide bonds. The van der Waals surface area contributed by atoms with Crippen molar-refractivity contribution in [1.29, 1.82) is 0 Å². The summed E-state index contributed by atoms with van der Waals surface area (Å²) in [5.41, 5.74) is 14.1. The minimum atomic E-state index is -0.0189. The summed E-state index contributed by atoms with van der Waals surface area (Å²) >= 11 is 3.58. The zero-order valence-corrected chi connectivity index (χ0v) is 24.6. The molecule has 0 N–H and O–H groups in total. The Kier molecular flexibility index (Phi) is 5.39. The minimum Gasteiger partial charge on any atom is -0.309 e. The van der Waals surface area contributed by atoms with Crippen molar-refractivity contribution in [2.24, 2.45) is 0 Å². The molecule has 0 fully saturated rings. The Morgan fingerprint density at radius 3 is 1.73 bits per heavy atom. The van der Waals surface area contributed by atoms with E-state index in [9.17, 15) is 0 Å². The Bertz CT molecular complexity index is 2110. The van der Waals surface area contributed by atoms with E-state index in [2.05, 4.69) is 168 Å². The van der Waals surface area contributed by atoms with Crippen molar-refractivity contribution in [2.45, 2.75) is 19.3 Å². The molecule has 1 heterocycles. The van der Waals surface area contributed by atoms with Crippen LogP contribution in [-0.4, -0.2) is 4.57 Å². The van der Waals surface area contributed by atoms with E-state index in [1.54, 1.807) is 0 Å². The second-order valence-electron chi connectivity index (χ2n) is 11.6. The molecule has 0 unspecified atom stereocenters. The zero-order chi connectivity index (χ0) is 27.7. The van der Waals surface area contributed by atoms with Crippen LogP contribution in [0, 0.1) is 0 Å². The van der Waals surface area contributed by atoms with E-state index in [1.807, 2.05) is 0 Å². The number of rotatable bonds is 3. The summed E-state index contributed by atoms with van der Waals surface area (Å²) in [5, 5.41) is 2.53. The van der Waals surface area contributed by atoms with E-state index >= 15 is 0 Å². The van der Waals surface area contributed by atoms with Crippen LogP contribution in [0.2, 0.25) is 0 Å². The molecule has 0 saturated carbocycles. The van der Waals surface area contributed by atoms with Crippen LogP contribution in [0.25, 0.3) is 60.9 Å². The molecule has 41 heavy (non-hydrogen) atoms. The number of benzene rings is 6. The van der Waals surface area contributed by atoms with Gasteiger partial charge in [0.05, 0.1) is 11.0 Å². The lowest BCUT2D eigenvalue weighted by molar-refractivity contribution is 0.660. The van der Waals surface area contributed by atoms with Gasteiger partial charge in [-0.15, -0.1) is 0 Å². The second-order valence-corrected chi connectivity index (χ2v) is 12.5. The molecule has 7 aromatic rings. The van der Waals surface area contributed by atoms with Crippen LogP contribution in [-0.2, 0) is 5.41 Å². The molecule has 0 bridgehead atoms. The summed E-state index contributed by atoms with van der Waals surface area (Å²) in [6.07, 6.45) is 0. The Balaban J connectivity index is 1.34. The first-order valence-electron chi connectivity index (χ1n) is 14.1. The number of halogens is 1. The van der Waals surface area contributed by atoms with Crippen LogP contribution < -0.4 is 0 Å². The SMILES string of the molecule is CC1(C)c2ccccc2-c2ccc(-c3ccc4c(c3)c3cc(-c5ccc(Br)cc5)ccc3n4-c3ccccc3)cc21. The van der Waals surface area contributed by atoms with Crippen molar-refractivity contribution in [3.63, 3.8) is 0 Å². The molecule has 1 aliphatic rings. The van der Waals surface area contributed by atoms with Crippen LogP contribution in [0.5, 0.6) is 0 Å². The predicted octanol–water partition coefficient (Wildman–Crippen LogP) is 11.2. The van der Waals surface area contributed by atoms with Gasteiger partial charge in [0.15, 0.2) is 0 Å². The maximum absolute atomic E-state index is 3.58. The van der Waals surface area contributed by atoms with Crippen molar-refractivity contribution in [2.75, 3.05) is 0 Å². The summed E-state index contributed by atoms with van der Waals surface area (Å²) in [4.78, 5) is 0. The number of para-hydroxylation sites is 1. The fourth-order valence-electron chi connectivity index (χ4n) is 6.76. The average molecular weight is 591 g/mol. The highest BCUT2D eigenvalue weighted by atomic mass is 79.9. The average Bonchev–Trinajstić information content (AvgIpc) is 3.46. The second kappa shape index (κ2) is 9.06. The largest absolute Gasteiger partial charge is 0.309 e. The van der Waals surface area contributed by atoms with Crippen molar-refractivity contribution in [3.05, 3.63) is 149 Å². The molecule has 1 aromatic heterocycles.